The molecular weight excluding hydrogens is 314 g/mol. The van der Waals surface area contributed by atoms with Crippen molar-refractivity contribution in [1.82, 2.24) is 24.6 Å². The lowest BCUT2D eigenvalue weighted by molar-refractivity contribution is 0.0747. The molecule has 0 N–H and O–H groups in total. The molecule has 0 radical (unpaired) electrons. The molecule has 2 aromatic heterocycles. The molecule has 1 aliphatic rings. The second kappa shape index (κ2) is 5.97. The molecule has 0 atom stereocenters. The van der Waals surface area contributed by atoms with Crippen LogP contribution in [0.3, 0.4) is 0 Å². The molecule has 4 rings (SSSR count). The molecule has 0 saturated carbocycles. The highest BCUT2D eigenvalue weighted by molar-refractivity contribution is 5.97. The molecule has 0 unspecified atom stereocenters. The summed E-state index contributed by atoms with van der Waals surface area (Å²) in [5, 5.41) is 5.59. The first-order chi connectivity index (χ1) is 12.0. The van der Waals surface area contributed by atoms with Gasteiger partial charge in [-0.05, 0) is 26.2 Å². The van der Waals surface area contributed by atoms with Crippen LogP contribution in [0.5, 0.6) is 0 Å². The molecule has 1 aromatic carbocycles. The third-order valence-electron chi connectivity index (χ3n) is 4.64. The van der Waals surface area contributed by atoms with E-state index < -0.39 is 0 Å². The van der Waals surface area contributed by atoms with Crippen LogP contribution in [0.1, 0.15) is 27.3 Å². The highest BCUT2D eigenvalue weighted by Gasteiger charge is 2.30. The Morgan fingerprint density at radius 3 is 2.84 bits per heavy atom. The quantitative estimate of drug-likeness (QED) is 0.736. The van der Waals surface area contributed by atoms with Gasteiger partial charge in [0.1, 0.15) is 0 Å². The largest absolute Gasteiger partial charge is 0.328 e. The summed E-state index contributed by atoms with van der Waals surface area (Å²) in [5.74, 6) is 0.0188. The van der Waals surface area contributed by atoms with Crippen LogP contribution < -0.4 is 0 Å². The standard InChI is InChI=1S/C19H21N5O/c1-22(2)11-17-15-10-24(12-18(15)23(3)21-17)19(25)14-8-13-6-4-5-7-16(13)20-9-14/h4-9H,10-12H2,1-3H3. The summed E-state index contributed by atoms with van der Waals surface area (Å²) in [6, 6.07) is 9.77. The van der Waals surface area contributed by atoms with Crippen molar-refractivity contribution in [3.63, 3.8) is 0 Å². The number of fused-ring (bicyclic) bond motifs is 2. The maximum Gasteiger partial charge on any atom is 0.256 e. The lowest BCUT2D eigenvalue weighted by atomic mass is 10.1. The SMILES string of the molecule is CN(C)Cc1nn(C)c2c1CN(C(=O)c1cnc3ccccc3c1)C2. The summed E-state index contributed by atoms with van der Waals surface area (Å²) in [4.78, 5) is 21.3. The van der Waals surface area contributed by atoms with Crippen LogP contribution in [0.4, 0.5) is 0 Å². The summed E-state index contributed by atoms with van der Waals surface area (Å²) in [5.41, 5.74) is 4.89. The van der Waals surface area contributed by atoms with Gasteiger partial charge < -0.3 is 9.80 Å². The van der Waals surface area contributed by atoms with Crippen LogP contribution in [0.25, 0.3) is 10.9 Å². The van der Waals surface area contributed by atoms with E-state index >= 15 is 0 Å². The molecule has 128 valence electrons. The molecule has 0 spiro atoms. The fourth-order valence-electron chi connectivity index (χ4n) is 3.41. The first-order valence-electron chi connectivity index (χ1n) is 8.35. The van der Waals surface area contributed by atoms with E-state index in [1.807, 2.05) is 61.1 Å². The summed E-state index contributed by atoms with van der Waals surface area (Å²) < 4.78 is 1.90. The van der Waals surface area contributed by atoms with Gasteiger partial charge in [0.2, 0.25) is 0 Å². The van der Waals surface area contributed by atoms with E-state index in [2.05, 4.69) is 15.0 Å². The summed E-state index contributed by atoms with van der Waals surface area (Å²) in [6.45, 7) is 1.98. The van der Waals surface area contributed by atoms with Crippen LogP contribution in [0, 0.1) is 0 Å². The van der Waals surface area contributed by atoms with Crippen LogP contribution >= 0.6 is 0 Å². The zero-order valence-corrected chi connectivity index (χ0v) is 14.7. The number of pyridine rings is 1. The van der Waals surface area contributed by atoms with Crippen LogP contribution in [0.15, 0.2) is 36.5 Å². The van der Waals surface area contributed by atoms with Gasteiger partial charge >= 0.3 is 0 Å². The molecule has 0 aliphatic carbocycles. The summed E-state index contributed by atoms with van der Waals surface area (Å²) >= 11 is 0. The van der Waals surface area contributed by atoms with Crippen molar-refractivity contribution in [1.29, 1.82) is 0 Å². The first kappa shape index (κ1) is 15.8. The van der Waals surface area contributed by atoms with Crippen LogP contribution in [-0.2, 0) is 26.7 Å². The number of aryl methyl sites for hydroxylation is 1. The lowest BCUT2D eigenvalue weighted by Crippen LogP contribution is -2.26. The van der Waals surface area contributed by atoms with Crippen LogP contribution in [-0.4, -0.2) is 44.6 Å². The number of carbonyl (C=O) groups is 1. The Labute approximate surface area is 146 Å². The molecule has 3 aromatic rings. The molecule has 25 heavy (non-hydrogen) atoms. The normalized spacial score (nSPS) is 13.7. The Bertz CT molecular complexity index is 960. The van der Waals surface area contributed by atoms with E-state index in [0.717, 1.165) is 28.8 Å². The minimum Gasteiger partial charge on any atom is -0.328 e. The van der Waals surface area contributed by atoms with E-state index in [9.17, 15) is 4.79 Å². The average molecular weight is 335 g/mol. The van der Waals surface area contributed by atoms with Crippen molar-refractivity contribution < 1.29 is 4.79 Å². The smallest absolute Gasteiger partial charge is 0.256 e. The Hall–Kier alpha value is -2.73. The van der Waals surface area contributed by atoms with Gasteiger partial charge in [0.25, 0.3) is 5.91 Å². The second-order valence-corrected chi connectivity index (χ2v) is 6.81. The number of hydrogen-bond donors (Lipinski definition) is 0. The van der Waals surface area contributed by atoms with Crippen molar-refractivity contribution in [2.45, 2.75) is 19.6 Å². The topological polar surface area (TPSA) is 54.3 Å². The molecule has 0 fully saturated rings. The highest BCUT2D eigenvalue weighted by Crippen LogP contribution is 2.27. The summed E-state index contributed by atoms with van der Waals surface area (Å²) in [6.07, 6.45) is 1.67. The minimum atomic E-state index is 0.0188. The van der Waals surface area contributed by atoms with Gasteiger partial charge in [-0.1, -0.05) is 18.2 Å². The number of hydrogen-bond acceptors (Lipinski definition) is 4. The number of para-hydroxylation sites is 1. The van der Waals surface area contributed by atoms with Crippen molar-refractivity contribution in [3.05, 3.63) is 59.0 Å². The van der Waals surface area contributed by atoms with Crippen molar-refractivity contribution in [3.8, 4) is 0 Å². The van der Waals surface area contributed by atoms with Gasteiger partial charge in [-0.2, -0.15) is 5.10 Å². The predicted octanol–water partition coefficient (Wildman–Crippen LogP) is 2.19. The van der Waals surface area contributed by atoms with Crippen LogP contribution in [0.2, 0.25) is 0 Å². The molecule has 1 amide bonds. The number of benzene rings is 1. The third kappa shape index (κ3) is 2.78. The number of nitrogens with zero attached hydrogens (tertiary/aromatic N) is 5. The van der Waals surface area contributed by atoms with E-state index in [4.69, 9.17) is 0 Å². The zero-order chi connectivity index (χ0) is 17.6. The predicted molar refractivity (Wildman–Crippen MR) is 95.9 cm³/mol. The van der Waals surface area contributed by atoms with E-state index in [1.165, 1.54) is 5.56 Å². The molecule has 6 heteroatoms. The Morgan fingerprint density at radius 2 is 2.04 bits per heavy atom. The molecule has 3 heterocycles. The monoisotopic (exact) mass is 335 g/mol. The van der Waals surface area contributed by atoms with Crippen molar-refractivity contribution in [2.24, 2.45) is 7.05 Å². The van der Waals surface area contributed by atoms with E-state index in [0.29, 0.717) is 18.7 Å². The Balaban J connectivity index is 1.61. The molecule has 1 aliphatic heterocycles. The first-order valence-corrected chi connectivity index (χ1v) is 8.35. The van der Waals surface area contributed by atoms with E-state index in [1.54, 1.807) is 6.20 Å². The molecule has 0 saturated heterocycles. The average Bonchev–Trinajstić information content (AvgIpc) is 3.15. The van der Waals surface area contributed by atoms with Gasteiger partial charge in [-0.25, -0.2) is 0 Å². The van der Waals surface area contributed by atoms with Gasteiger partial charge in [0.05, 0.1) is 35.6 Å². The van der Waals surface area contributed by atoms with Gasteiger partial charge in [-0.3, -0.25) is 14.5 Å². The third-order valence-corrected chi connectivity index (χ3v) is 4.64. The Morgan fingerprint density at radius 1 is 1.24 bits per heavy atom. The zero-order valence-electron chi connectivity index (χ0n) is 14.7. The number of aromatic nitrogens is 3. The van der Waals surface area contributed by atoms with E-state index in [-0.39, 0.29) is 5.91 Å². The Kier molecular flexibility index (Phi) is 3.77. The molecule has 0 bridgehead atoms. The number of rotatable bonds is 3. The van der Waals surface area contributed by atoms with Gasteiger partial charge in [-0.15, -0.1) is 0 Å². The summed E-state index contributed by atoms with van der Waals surface area (Å²) in [7, 11) is 6.00. The maximum atomic E-state index is 12.9. The van der Waals surface area contributed by atoms with Gasteiger partial charge in [0.15, 0.2) is 0 Å². The lowest BCUT2D eigenvalue weighted by Gasteiger charge is -2.17. The minimum absolute atomic E-state index is 0.0188. The molecular formula is C19H21N5O. The van der Waals surface area contributed by atoms with Crippen molar-refractivity contribution >= 4 is 16.8 Å². The number of carbonyl (C=O) groups excluding carboxylic acids is 1. The fourth-order valence-corrected chi connectivity index (χ4v) is 3.41. The molecule has 6 nitrogen and oxygen atoms in total. The van der Waals surface area contributed by atoms with Crippen molar-refractivity contribution in [2.75, 3.05) is 14.1 Å². The second-order valence-electron chi connectivity index (χ2n) is 6.81. The van der Waals surface area contributed by atoms with Gasteiger partial charge in [0, 0.05) is 30.7 Å². The highest BCUT2D eigenvalue weighted by atomic mass is 16.2. The maximum absolute atomic E-state index is 12.9. The number of amides is 1. The fraction of sp³-hybridized carbons (Fsp3) is 0.316.